The first kappa shape index (κ1) is 28.1. The van der Waals surface area contributed by atoms with Crippen molar-refractivity contribution in [3.63, 3.8) is 0 Å². The molecule has 3 aromatic heterocycles. The van der Waals surface area contributed by atoms with Gasteiger partial charge in [0.05, 0.1) is 11.8 Å². The molecule has 1 fully saturated rings. The van der Waals surface area contributed by atoms with E-state index in [0.29, 0.717) is 23.1 Å². The second-order valence-corrected chi connectivity index (χ2v) is 9.90. The molecule has 0 atom stereocenters. The lowest BCUT2D eigenvalue weighted by Gasteiger charge is -2.20. The van der Waals surface area contributed by atoms with Gasteiger partial charge in [-0.25, -0.2) is 9.36 Å². The molecule has 1 amide bonds. The molecule has 3 heterocycles. The summed E-state index contributed by atoms with van der Waals surface area (Å²) in [4.78, 5) is 12.4. The third-order valence-corrected chi connectivity index (χ3v) is 7.02. The van der Waals surface area contributed by atoms with E-state index in [4.69, 9.17) is 11.6 Å². The summed E-state index contributed by atoms with van der Waals surface area (Å²) < 4.78 is 147. The molecule has 6 nitrogen and oxygen atoms in total. The van der Waals surface area contributed by atoms with E-state index >= 15 is 0 Å². The first-order valence-corrected chi connectivity index (χ1v) is 11.2. The molecule has 0 aliphatic heterocycles. The Balaban J connectivity index is 1.72. The number of amides is 1. The second kappa shape index (κ2) is 8.56. The lowest BCUT2D eigenvalue weighted by Crippen LogP contribution is -2.47. The smallest absolute Gasteiger partial charge is 0.338 e. The zero-order valence-electron chi connectivity index (χ0n) is 18.3. The van der Waals surface area contributed by atoms with Crippen molar-refractivity contribution in [2.45, 2.75) is 42.8 Å². The van der Waals surface area contributed by atoms with Gasteiger partial charge in [0.15, 0.2) is 11.5 Å². The molecule has 1 aliphatic rings. The van der Waals surface area contributed by atoms with E-state index in [0.717, 1.165) is 18.5 Å². The van der Waals surface area contributed by atoms with Gasteiger partial charge >= 0.3 is 24.5 Å². The topological polar surface area (TPSA) is 64.7 Å². The van der Waals surface area contributed by atoms with Crippen molar-refractivity contribution in [2.24, 2.45) is 7.05 Å². The summed E-state index contributed by atoms with van der Waals surface area (Å²) in [6.07, 6.45) is -15.8. The fraction of sp³-hybridized carbons (Fsp3) is 0.421. The van der Waals surface area contributed by atoms with Gasteiger partial charge in [-0.05, 0) is 18.9 Å². The Morgan fingerprint density at radius 3 is 2.18 bits per heavy atom. The highest BCUT2D eigenvalue weighted by Crippen LogP contribution is 2.50. The van der Waals surface area contributed by atoms with Crippen LogP contribution in [0.4, 0.5) is 48.3 Å². The number of hydrogen-bond donors (Lipinski definition) is 1. The highest BCUT2D eigenvalue weighted by Gasteiger charge is 2.65. The molecule has 3 aromatic rings. The summed E-state index contributed by atoms with van der Waals surface area (Å²) in [6.45, 7) is 0. The van der Waals surface area contributed by atoms with Crippen LogP contribution in [0, 0.1) is 0 Å². The molecule has 38 heavy (non-hydrogen) atoms. The Morgan fingerprint density at radius 2 is 1.68 bits per heavy atom. The maximum atomic E-state index is 13.9. The van der Waals surface area contributed by atoms with Gasteiger partial charge in [-0.1, -0.05) is 11.6 Å². The van der Waals surface area contributed by atoms with Crippen molar-refractivity contribution >= 4 is 28.8 Å². The molecule has 4 rings (SSSR count). The molecular weight excluding hydrogens is 591 g/mol. The van der Waals surface area contributed by atoms with Gasteiger partial charge in [-0.2, -0.15) is 58.5 Å². The molecule has 0 saturated heterocycles. The average Bonchev–Trinajstić information content (AvgIpc) is 3.08. The van der Waals surface area contributed by atoms with E-state index in [1.54, 1.807) is 0 Å². The SMILES string of the molecule is Cn1nc(C(F)(F)C(F)(F)F)c(C(F)(F)F)c1-n1cc(-c2cc(C(=O)NC3(C(F)(F)F)CC3)c(Cl)s2)cn1. The van der Waals surface area contributed by atoms with Crippen LogP contribution in [0.1, 0.15) is 34.5 Å². The number of hydrogen-bond acceptors (Lipinski definition) is 4. The van der Waals surface area contributed by atoms with E-state index in [1.807, 2.05) is 5.32 Å². The number of carbonyl (C=O) groups excluding carboxylic acids is 1. The highest BCUT2D eigenvalue weighted by atomic mass is 35.5. The zero-order chi connectivity index (χ0) is 28.6. The summed E-state index contributed by atoms with van der Waals surface area (Å²) in [5.41, 5.74) is -7.82. The molecule has 0 spiro atoms. The number of nitrogens with zero attached hydrogens (tertiary/aromatic N) is 4. The van der Waals surface area contributed by atoms with E-state index < -0.39 is 53.0 Å². The summed E-state index contributed by atoms with van der Waals surface area (Å²) >= 11 is 6.62. The molecule has 0 bridgehead atoms. The van der Waals surface area contributed by atoms with Crippen LogP contribution in [0.15, 0.2) is 18.5 Å². The summed E-state index contributed by atoms with van der Waals surface area (Å²) in [7, 11) is 0.695. The number of thiophene rings is 1. The van der Waals surface area contributed by atoms with Crippen LogP contribution < -0.4 is 5.32 Å². The van der Waals surface area contributed by atoms with Crippen LogP contribution in [0.5, 0.6) is 0 Å². The van der Waals surface area contributed by atoms with Crippen molar-refractivity contribution in [1.29, 1.82) is 0 Å². The third-order valence-electron chi connectivity index (χ3n) is 5.61. The molecule has 0 radical (unpaired) electrons. The monoisotopic (exact) mass is 601 g/mol. The number of aromatic nitrogens is 4. The molecule has 0 aromatic carbocycles. The molecule has 1 aliphatic carbocycles. The lowest BCUT2D eigenvalue weighted by atomic mass is 10.1. The fourth-order valence-electron chi connectivity index (χ4n) is 3.51. The van der Waals surface area contributed by atoms with Gasteiger partial charge < -0.3 is 5.32 Å². The van der Waals surface area contributed by atoms with Crippen molar-refractivity contribution in [1.82, 2.24) is 24.9 Å². The van der Waals surface area contributed by atoms with Gasteiger partial charge in [0.25, 0.3) is 5.91 Å². The number of nitrogens with one attached hydrogen (secondary N) is 1. The van der Waals surface area contributed by atoms with E-state index in [2.05, 4.69) is 10.2 Å². The third kappa shape index (κ3) is 4.60. The number of aryl methyl sites for hydroxylation is 1. The molecular formula is C19H11ClF11N5OS. The summed E-state index contributed by atoms with van der Waals surface area (Å²) in [5.74, 6) is -8.39. The molecule has 0 unspecified atom stereocenters. The van der Waals surface area contributed by atoms with E-state index in [1.165, 1.54) is 0 Å². The Hall–Kier alpha value is -2.89. The number of rotatable bonds is 5. The normalized spacial score (nSPS) is 16.1. The Labute approximate surface area is 213 Å². The highest BCUT2D eigenvalue weighted by molar-refractivity contribution is 7.19. The van der Waals surface area contributed by atoms with Gasteiger partial charge in [0.2, 0.25) is 0 Å². The minimum absolute atomic E-state index is 0.0276. The van der Waals surface area contributed by atoms with Gasteiger partial charge in [-0.3, -0.25) is 4.79 Å². The number of halogens is 12. The number of carbonyl (C=O) groups is 1. The van der Waals surface area contributed by atoms with Crippen LogP contribution in [0.2, 0.25) is 4.34 Å². The predicted molar refractivity (Wildman–Crippen MR) is 109 cm³/mol. The number of alkyl halides is 11. The van der Waals surface area contributed by atoms with E-state index in [9.17, 15) is 53.1 Å². The van der Waals surface area contributed by atoms with E-state index in [-0.39, 0.29) is 37.9 Å². The largest absolute Gasteiger partial charge is 0.459 e. The van der Waals surface area contributed by atoms with Gasteiger partial charge in [0, 0.05) is 23.7 Å². The maximum absolute atomic E-state index is 13.9. The van der Waals surface area contributed by atoms with Crippen molar-refractivity contribution in [3.05, 3.63) is 39.6 Å². The Morgan fingerprint density at radius 1 is 1.08 bits per heavy atom. The van der Waals surface area contributed by atoms with Gasteiger partial charge in [-0.15, -0.1) is 11.3 Å². The van der Waals surface area contributed by atoms with Crippen LogP contribution in [-0.4, -0.2) is 43.4 Å². The molecule has 208 valence electrons. The summed E-state index contributed by atoms with van der Waals surface area (Å²) in [6, 6.07) is 1.04. The first-order chi connectivity index (χ1) is 17.2. The first-order valence-electron chi connectivity index (χ1n) is 10.0. The van der Waals surface area contributed by atoms with Crippen molar-refractivity contribution in [2.75, 3.05) is 0 Å². The molecule has 1 N–H and O–H groups in total. The minimum Gasteiger partial charge on any atom is -0.338 e. The van der Waals surface area contributed by atoms with Crippen LogP contribution in [-0.2, 0) is 19.1 Å². The van der Waals surface area contributed by atoms with Gasteiger partial charge in [0.1, 0.15) is 15.4 Å². The van der Waals surface area contributed by atoms with Crippen LogP contribution in [0.3, 0.4) is 0 Å². The minimum atomic E-state index is -6.39. The van der Waals surface area contributed by atoms with Crippen molar-refractivity contribution in [3.8, 4) is 16.3 Å². The zero-order valence-corrected chi connectivity index (χ0v) is 19.9. The fourth-order valence-corrected chi connectivity index (χ4v) is 4.76. The lowest BCUT2D eigenvalue weighted by molar-refractivity contribution is -0.292. The summed E-state index contributed by atoms with van der Waals surface area (Å²) in [5, 5.41) is 8.22. The second-order valence-electron chi connectivity index (χ2n) is 8.25. The van der Waals surface area contributed by atoms with Crippen molar-refractivity contribution < 1.29 is 53.1 Å². The predicted octanol–water partition coefficient (Wildman–Crippen LogP) is 6.49. The molecule has 1 saturated carbocycles. The maximum Gasteiger partial charge on any atom is 0.459 e. The Kier molecular flexibility index (Phi) is 6.33. The van der Waals surface area contributed by atoms with Crippen LogP contribution in [0.25, 0.3) is 16.3 Å². The molecule has 19 heteroatoms. The standard InChI is InChI=1S/C19H11ClF11N5OS/c1-35-14(10(17(23,24)25)11(34-35)16(21,22)19(29,30)31)36-6-7(5-32-36)9-4-8(12(20)38-9)13(37)33-15(2-3-15)18(26,27)28/h4-6H,2-3H2,1H3,(H,33,37). The van der Waals surface area contributed by atoms with Crippen LogP contribution >= 0.6 is 22.9 Å². The average molecular weight is 602 g/mol. The Bertz CT molecular complexity index is 1400. The quantitative estimate of drug-likeness (QED) is 0.340.